The van der Waals surface area contributed by atoms with Crippen LogP contribution < -0.4 is 4.74 Å². The van der Waals surface area contributed by atoms with Gasteiger partial charge in [-0.3, -0.25) is 4.79 Å². The second kappa shape index (κ2) is 7.01. The molecule has 2 aromatic rings. The van der Waals surface area contributed by atoms with Gasteiger partial charge in [-0.05, 0) is 72.3 Å². The maximum atomic E-state index is 12.7. The van der Waals surface area contributed by atoms with Gasteiger partial charge in [0.2, 0.25) is 0 Å². The van der Waals surface area contributed by atoms with Crippen LogP contribution in [-0.4, -0.2) is 16.7 Å². The number of carbonyl (C=O) groups excluding carboxylic acids is 1. The Morgan fingerprint density at radius 1 is 1.17 bits per heavy atom. The molecule has 0 heterocycles. The molecule has 0 spiro atoms. The monoisotopic (exact) mass is 389 g/mol. The molecular weight excluding hydrogens is 362 g/mol. The number of carbonyl (C=O) groups is 1. The van der Waals surface area contributed by atoms with Crippen LogP contribution in [0.25, 0.3) is 0 Å². The molecule has 4 atom stereocenters. The van der Waals surface area contributed by atoms with Crippen molar-refractivity contribution >= 4 is 11.5 Å². The number of oxime groups is 1. The van der Waals surface area contributed by atoms with Crippen LogP contribution in [0.15, 0.2) is 53.7 Å². The zero-order valence-electron chi connectivity index (χ0n) is 16.8. The van der Waals surface area contributed by atoms with Crippen molar-refractivity contribution in [2.24, 2.45) is 22.4 Å². The van der Waals surface area contributed by atoms with Gasteiger partial charge in [-0.15, -0.1) is 0 Å². The van der Waals surface area contributed by atoms with E-state index in [0.717, 1.165) is 31.4 Å². The first-order valence-electron chi connectivity index (χ1n) is 10.7. The number of nitrogens with zero attached hydrogens (tertiary/aromatic N) is 1. The molecule has 2 fully saturated rings. The summed E-state index contributed by atoms with van der Waals surface area (Å²) in [5.74, 6) is 2.27. The minimum atomic E-state index is -0.348. The molecule has 150 valence electrons. The van der Waals surface area contributed by atoms with Crippen LogP contribution in [0.5, 0.6) is 5.75 Å². The van der Waals surface area contributed by atoms with Gasteiger partial charge in [0.25, 0.3) is 0 Å². The standard InChI is InChI=1S/C25H27NO3/c1-25-12-11-20-19-10-8-18(29-15-16-5-3-2-4-6-16)13-17(19)7-9-21(20)22(25)14-23(26-28)24(25)27/h2-6,8,10,13,20-22,28H,7,9,11-12,14-15H2,1H3/b26-23+/t20-,21-,22+,25+/m1/s1. The van der Waals surface area contributed by atoms with Crippen LogP contribution in [0, 0.1) is 17.3 Å². The average Bonchev–Trinajstić information content (AvgIpc) is 3.03. The number of fused-ring (bicyclic) bond motifs is 5. The fraction of sp³-hybridized carbons (Fsp3) is 0.440. The number of rotatable bonds is 3. The molecule has 0 bridgehead atoms. The van der Waals surface area contributed by atoms with E-state index in [1.165, 1.54) is 16.7 Å². The molecule has 4 nitrogen and oxygen atoms in total. The van der Waals surface area contributed by atoms with E-state index in [2.05, 4.69) is 42.4 Å². The minimum absolute atomic E-state index is 0.0684. The highest BCUT2D eigenvalue weighted by Crippen LogP contribution is 2.59. The number of hydrogen-bond acceptors (Lipinski definition) is 4. The van der Waals surface area contributed by atoms with Gasteiger partial charge in [0.1, 0.15) is 18.1 Å². The molecule has 0 aliphatic heterocycles. The summed E-state index contributed by atoms with van der Waals surface area (Å²) in [5.41, 5.74) is 4.02. The molecular formula is C25H27NO3. The van der Waals surface area contributed by atoms with Gasteiger partial charge >= 0.3 is 0 Å². The van der Waals surface area contributed by atoms with E-state index in [9.17, 15) is 10.0 Å². The molecule has 0 unspecified atom stereocenters. The van der Waals surface area contributed by atoms with Crippen molar-refractivity contribution in [1.82, 2.24) is 0 Å². The largest absolute Gasteiger partial charge is 0.489 e. The van der Waals surface area contributed by atoms with Crippen LogP contribution in [0.3, 0.4) is 0 Å². The van der Waals surface area contributed by atoms with E-state index in [1.54, 1.807) is 0 Å². The van der Waals surface area contributed by atoms with Crippen molar-refractivity contribution in [3.05, 3.63) is 65.2 Å². The van der Waals surface area contributed by atoms with Crippen LogP contribution in [-0.2, 0) is 17.8 Å². The highest BCUT2D eigenvalue weighted by Gasteiger charge is 2.57. The van der Waals surface area contributed by atoms with Crippen molar-refractivity contribution in [2.45, 2.75) is 51.6 Å². The summed E-state index contributed by atoms with van der Waals surface area (Å²) in [6, 6.07) is 16.8. The highest BCUT2D eigenvalue weighted by atomic mass is 16.5. The molecule has 3 aliphatic carbocycles. The summed E-state index contributed by atoms with van der Waals surface area (Å²) in [4.78, 5) is 12.7. The zero-order valence-corrected chi connectivity index (χ0v) is 16.8. The Balaban J connectivity index is 1.36. The third-order valence-electron chi connectivity index (χ3n) is 7.65. The smallest absolute Gasteiger partial charge is 0.186 e. The Labute approximate surface area is 171 Å². The lowest BCUT2D eigenvalue weighted by molar-refractivity contribution is -0.125. The van der Waals surface area contributed by atoms with E-state index in [-0.39, 0.29) is 11.2 Å². The Hall–Kier alpha value is -2.62. The Bertz CT molecular complexity index is 967. The predicted octanol–water partition coefficient (Wildman–Crippen LogP) is 5.13. The third-order valence-corrected chi connectivity index (χ3v) is 7.65. The lowest BCUT2D eigenvalue weighted by Gasteiger charge is -2.47. The van der Waals surface area contributed by atoms with Crippen LogP contribution >= 0.6 is 0 Å². The van der Waals surface area contributed by atoms with Crippen molar-refractivity contribution < 1.29 is 14.7 Å². The SMILES string of the molecule is C[C@]12CC[C@@H]3c4ccc(OCc5ccccc5)cc4CC[C@H]3[C@@H]1C/C(=N\O)C2=O. The van der Waals surface area contributed by atoms with Crippen LogP contribution in [0.4, 0.5) is 0 Å². The molecule has 0 amide bonds. The molecule has 4 heteroatoms. The number of hydrogen-bond donors (Lipinski definition) is 1. The minimum Gasteiger partial charge on any atom is -0.489 e. The Morgan fingerprint density at radius 2 is 2.00 bits per heavy atom. The maximum absolute atomic E-state index is 12.7. The van der Waals surface area contributed by atoms with Crippen molar-refractivity contribution in [2.75, 3.05) is 0 Å². The van der Waals surface area contributed by atoms with Gasteiger partial charge in [-0.25, -0.2) is 0 Å². The van der Waals surface area contributed by atoms with Gasteiger partial charge in [0.15, 0.2) is 5.78 Å². The summed E-state index contributed by atoms with van der Waals surface area (Å²) < 4.78 is 6.03. The number of ether oxygens (including phenoxy) is 1. The topological polar surface area (TPSA) is 58.9 Å². The fourth-order valence-electron chi connectivity index (χ4n) is 6.08. The number of aryl methyl sites for hydroxylation is 1. The average molecular weight is 389 g/mol. The van der Waals surface area contributed by atoms with E-state index in [4.69, 9.17) is 4.74 Å². The van der Waals surface area contributed by atoms with E-state index in [0.29, 0.717) is 36.5 Å². The van der Waals surface area contributed by atoms with E-state index >= 15 is 0 Å². The lowest BCUT2D eigenvalue weighted by atomic mass is 9.55. The molecule has 0 aromatic heterocycles. The summed E-state index contributed by atoms with van der Waals surface area (Å²) in [6.07, 6.45) is 4.64. The zero-order chi connectivity index (χ0) is 20.0. The molecule has 5 rings (SSSR count). The molecule has 0 saturated heterocycles. The molecule has 0 radical (unpaired) electrons. The Morgan fingerprint density at radius 3 is 2.79 bits per heavy atom. The predicted molar refractivity (Wildman–Crippen MR) is 111 cm³/mol. The summed E-state index contributed by atoms with van der Waals surface area (Å²) in [5, 5.41) is 12.6. The number of ketones is 1. The van der Waals surface area contributed by atoms with Gasteiger partial charge in [0, 0.05) is 11.8 Å². The number of Topliss-reactive ketones (excluding diaryl/α,β-unsaturated/α-hetero) is 1. The van der Waals surface area contributed by atoms with Crippen molar-refractivity contribution in [3.63, 3.8) is 0 Å². The van der Waals surface area contributed by atoms with Crippen molar-refractivity contribution in [1.29, 1.82) is 0 Å². The first kappa shape index (κ1) is 18.4. The van der Waals surface area contributed by atoms with Gasteiger partial charge in [-0.1, -0.05) is 48.5 Å². The van der Waals surface area contributed by atoms with Gasteiger partial charge in [-0.2, -0.15) is 0 Å². The quantitative estimate of drug-likeness (QED) is 0.585. The van der Waals surface area contributed by atoms with Crippen molar-refractivity contribution in [3.8, 4) is 5.75 Å². The fourth-order valence-corrected chi connectivity index (χ4v) is 6.08. The maximum Gasteiger partial charge on any atom is 0.186 e. The Kier molecular flexibility index (Phi) is 4.45. The first-order valence-corrected chi connectivity index (χ1v) is 10.7. The highest BCUT2D eigenvalue weighted by molar-refractivity contribution is 6.43. The summed E-state index contributed by atoms with van der Waals surface area (Å²) in [7, 11) is 0. The van der Waals surface area contributed by atoms with Crippen LogP contribution in [0.1, 0.15) is 55.2 Å². The first-order chi connectivity index (χ1) is 14.1. The normalized spacial score (nSPS) is 31.8. The van der Waals surface area contributed by atoms with Gasteiger partial charge < -0.3 is 9.94 Å². The van der Waals surface area contributed by atoms with E-state index < -0.39 is 0 Å². The second-order valence-electron chi connectivity index (χ2n) is 9.09. The van der Waals surface area contributed by atoms with Gasteiger partial charge in [0.05, 0.1) is 0 Å². The number of benzene rings is 2. The second-order valence-corrected chi connectivity index (χ2v) is 9.09. The molecule has 1 N–H and O–H groups in total. The van der Waals surface area contributed by atoms with E-state index in [1.807, 2.05) is 18.2 Å². The molecule has 2 aromatic carbocycles. The summed E-state index contributed by atoms with van der Waals surface area (Å²) in [6.45, 7) is 2.67. The molecule has 3 aliphatic rings. The summed E-state index contributed by atoms with van der Waals surface area (Å²) >= 11 is 0. The molecule has 29 heavy (non-hydrogen) atoms. The third kappa shape index (κ3) is 2.97. The van der Waals surface area contributed by atoms with Crippen LogP contribution in [0.2, 0.25) is 0 Å². The molecule has 2 saturated carbocycles. The lowest BCUT2D eigenvalue weighted by Crippen LogP contribution is -2.42.